The van der Waals surface area contributed by atoms with E-state index in [2.05, 4.69) is 27.9 Å². The molecule has 2 aromatic heterocycles. The second-order valence-electron chi connectivity index (χ2n) is 9.24. The predicted molar refractivity (Wildman–Crippen MR) is 122 cm³/mol. The summed E-state index contributed by atoms with van der Waals surface area (Å²) in [6.45, 7) is 6.36. The Kier molecular flexibility index (Phi) is 5.83. The van der Waals surface area contributed by atoms with E-state index in [1.54, 1.807) is 18.7 Å². The average molecular weight is 435 g/mol. The molecule has 32 heavy (non-hydrogen) atoms. The first-order valence-corrected chi connectivity index (χ1v) is 11.5. The monoisotopic (exact) mass is 434 g/mol. The van der Waals surface area contributed by atoms with Gasteiger partial charge in [0.1, 0.15) is 5.58 Å². The summed E-state index contributed by atoms with van der Waals surface area (Å²) < 4.78 is 11.5. The van der Waals surface area contributed by atoms with Crippen molar-refractivity contribution in [3.63, 3.8) is 0 Å². The van der Waals surface area contributed by atoms with E-state index < -0.39 is 0 Å². The van der Waals surface area contributed by atoms with E-state index in [1.165, 1.54) is 5.56 Å². The summed E-state index contributed by atoms with van der Waals surface area (Å²) in [4.78, 5) is 26.6. The fourth-order valence-corrected chi connectivity index (χ4v) is 4.98. The molecule has 0 aliphatic carbocycles. The quantitative estimate of drug-likeness (QED) is 0.625. The lowest BCUT2D eigenvalue weighted by Gasteiger charge is -2.41. The van der Waals surface area contributed by atoms with Gasteiger partial charge < -0.3 is 19.0 Å². The zero-order valence-electron chi connectivity index (χ0n) is 18.6. The van der Waals surface area contributed by atoms with Crippen LogP contribution in [0.15, 0.2) is 53.4 Å². The van der Waals surface area contributed by atoms with Crippen molar-refractivity contribution < 1.29 is 13.9 Å². The van der Waals surface area contributed by atoms with Gasteiger partial charge in [0.2, 0.25) is 11.9 Å². The highest BCUT2D eigenvalue weighted by molar-refractivity contribution is 5.83. The first-order valence-electron chi connectivity index (χ1n) is 11.5. The van der Waals surface area contributed by atoms with Gasteiger partial charge in [-0.2, -0.15) is 0 Å². The zero-order chi connectivity index (χ0) is 22.0. The number of benzene rings is 1. The lowest BCUT2D eigenvalue weighted by molar-refractivity contribution is -0.142. The Morgan fingerprint density at radius 2 is 1.94 bits per heavy atom. The molecule has 0 N–H and O–H groups in total. The Labute approximate surface area is 188 Å². The molecule has 0 radical (unpaired) electrons. The lowest BCUT2D eigenvalue weighted by Crippen LogP contribution is -2.50. The van der Waals surface area contributed by atoms with E-state index in [-0.39, 0.29) is 17.2 Å². The van der Waals surface area contributed by atoms with Crippen molar-refractivity contribution in [3.05, 3.63) is 54.6 Å². The third-order valence-corrected chi connectivity index (χ3v) is 6.94. The van der Waals surface area contributed by atoms with Gasteiger partial charge in [-0.3, -0.25) is 4.79 Å². The highest BCUT2D eigenvalue weighted by atomic mass is 16.5. The van der Waals surface area contributed by atoms with E-state index in [0.29, 0.717) is 19.8 Å². The molecule has 3 aromatic rings. The maximum Gasteiger partial charge on any atom is 0.228 e. The Bertz CT molecular complexity index is 1060. The molecule has 168 valence electrons. The van der Waals surface area contributed by atoms with Gasteiger partial charge in [0.15, 0.2) is 0 Å². The Hall–Kier alpha value is -2.93. The molecule has 1 amide bonds. The number of amides is 1. The summed E-state index contributed by atoms with van der Waals surface area (Å²) >= 11 is 0. The van der Waals surface area contributed by atoms with Gasteiger partial charge >= 0.3 is 0 Å². The highest BCUT2D eigenvalue weighted by Crippen LogP contribution is 2.35. The summed E-state index contributed by atoms with van der Waals surface area (Å²) in [6.07, 6.45) is 7.75. The molecule has 0 saturated carbocycles. The number of nitrogens with zero attached hydrogens (tertiary/aromatic N) is 4. The van der Waals surface area contributed by atoms with Crippen molar-refractivity contribution in [2.75, 3.05) is 44.3 Å². The number of fused-ring (bicyclic) bond motifs is 1. The smallest absolute Gasteiger partial charge is 0.228 e. The Morgan fingerprint density at radius 3 is 2.75 bits per heavy atom. The van der Waals surface area contributed by atoms with Crippen LogP contribution in [0.3, 0.4) is 0 Å². The summed E-state index contributed by atoms with van der Waals surface area (Å²) in [5, 5.41) is 1.15. The maximum absolute atomic E-state index is 13.6. The van der Waals surface area contributed by atoms with Gasteiger partial charge in [0.25, 0.3) is 0 Å². The van der Waals surface area contributed by atoms with E-state index in [0.717, 1.165) is 55.8 Å². The number of ether oxygens (including phenoxy) is 1. The van der Waals surface area contributed by atoms with Crippen molar-refractivity contribution in [2.24, 2.45) is 11.3 Å². The third-order valence-electron chi connectivity index (χ3n) is 6.94. The molecule has 0 bridgehead atoms. The molecule has 4 heterocycles. The van der Waals surface area contributed by atoms with Gasteiger partial charge in [0.05, 0.1) is 19.5 Å². The normalized spacial score (nSPS) is 21.5. The topological polar surface area (TPSA) is 71.7 Å². The number of carbonyl (C=O) groups excluding carboxylic acids is 1. The molecule has 1 atom stereocenters. The number of hydrogen-bond acceptors (Lipinski definition) is 6. The minimum absolute atomic E-state index is 0.253. The van der Waals surface area contributed by atoms with Gasteiger partial charge in [-0.05, 0) is 43.0 Å². The van der Waals surface area contributed by atoms with E-state index in [9.17, 15) is 4.79 Å². The van der Waals surface area contributed by atoms with E-state index in [1.807, 2.05) is 29.2 Å². The summed E-state index contributed by atoms with van der Waals surface area (Å²) in [6, 6.07) is 10.0. The molecule has 2 aliphatic heterocycles. The fraction of sp³-hybridized carbons (Fsp3) is 0.480. The predicted octanol–water partition coefficient (Wildman–Crippen LogP) is 3.55. The third kappa shape index (κ3) is 4.21. The van der Waals surface area contributed by atoms with Crippen molar-refractivity contribution in [3.8, 4) is 0 Å². The molecular formula is C25H30N4O3. The van der Waals surface area contributed by atoms with Crippen LogP contribution < -0.4 is 4.90 Å². The van der Waals surface area contributed by atoms with Crippen LogP contribution in [-0.4, -0.2) is 60.2 Å². The van der Waals surface area contributed by atoms with Gasteiger partial charge in [-0.1, -0.05) is 19.1 Å². The minimum Gasteiger partial charge on any atom is -0.464 e. The number of furan rings is 1. The number of hydrogen-bond donors (Lipinski definition) is 0. The molecule has 1 aromatic carbocycles. The summed E-state index contributed by atoms with van der Waals surface area (Å²) in [5.41, 5.74) is 1.80. The molecule has 5 rings (SSSR count). The van der Waals surface area contributed by atoms with Crippen LogP contribution in [0.5, 0.6) is 0 Å². The lowest BCUT2D eigenvalue weighted by atomic mass is 9.79. The van der Waals surface area contributed by atoms with Crippen LogP contribution >= 0.6 is 0 Å². The maximum atomic E-state index is 13.6. The van der Waals surface area contributed by atoms with Crippen LogP contribution in [0.1, 0.15) is 25.3 Å². The largest absolute Gasteiger partial charge is 0.464 e. The average Bonchev–Trinajstić information content (AvgIpc) is 3.20. The number of piperidine rings is 1. The number of aromatic nitrogens is 2. The Morgan fingerprint density at radius 1 is 1.12 bits per heavy atom. The van der Waals surface area contributed by atoms with Crippen LogP contribution in [0.4, 0.5) is 5.95 Å². The molecule has 0 spiro atoms. The van der Waals surface area contributed by atoms with Crippen LogP contribution in [0.25, 0.3) is 11.0 Å². The molecular weight excluding hydrogens is 404 g/mol. The molecule has 7 nitrogen and oxygen atoms in total. The van der Waals surface area contributed by atoms with Gasteiger partial charge in [0, 0.05) is 55.3 Å². The van der Waals surface area contributed by atoms with Gasteiger partial charge in [-0.15, -0.1) is 0 Å². The van der Waals surface area contributed by atoms with Gasteiger partial charge in [-0.25, -0.2) is 9.97 Å². The zero-order valence-corrected chi connectivity index (χ0v) is 18.6. The first-order chi connectivity index (χ1) is 15.6. The molecule has 2 fully saturated rings. The SMILES string of the molecule is CC1(C(=O)N2CCOC[C@H](Cc3cccc4occc34)C2)CCN(c2ncccn2)CC1. The molecule has 2 saturated heterocycles. The van der Waals surface area contributed by atoms with Crippen LogP contribution in [-0.2, 0) is 16.0 Å². The van der Waals surface area contributed by atoms with Crippen LogP contribution in [0, 0.1) is 11.3 Å². The number of anilines is 1. The van der Waals surface area contributed by atoms with Crippen LogP contribution in [0.2, 0.25) is 0 Å². The summed E-state index contributed by atoms with van der Waals surface area (Å²) in [5.74, 6) is 1.27. The summed E-state index contributed by atoms with van der Waals surface area (Å²) in [7, 11) is 0. The second-order valence-corrected chi connectivity index (χ2v) is 9.24. The van der Waals surface area contributed by atoms with Crippen molar-refractivity contribution in [1.82, 2.24) is 14.9 Å². The number of carbonyl (C=O) groups is 1. The fourth-order valence-electron chi connectivity index (χ4n) is 4.98. The second kappa shape index (κ2) is 8.90. The first kappa shape index (κ1) is 20.9. The molecule has 7 heteroatoms. The number of rotatable bonds is 4. The highest BCUT2D eigenvalue weighted by Gasteiger charge is 2.41. The van der Waals surface area contributed by atoms with Crippen molar-refractivity contribution in [2.45, 2.75) is 26.2 Å². The van der Waals surface area contributed by atoms with Crippen molar-refractivity contribution >= 4 is 22.8 Å². The Balaban J connectivity index is 1.25. The van der Waals surface area contributed by atoms with E-state index >= 15 is 0 Å². The standard InChI is InChI=1S/C25H30N4O3/c1-25(7-11-28(12-8-25)24-26-9-3-10-27-24)23(30)29-13-15-31-18-19(17-29)16-20-4-2-5-22-21(20)6-14-32-22/h2-6,9-10,14,19H,7-8,11-13,15-18H2,1H3/t19-/m1/s1. The minimum atomic E-state index is -0.356. The molecule has 0 unspecified atom stereocenters. The molecule has 2 aliphatic rings. The van der Waals surface area contributed by atoms with E-state index in [4.69, 9.17) is 9.15 Å². The van der Waals surface area contributed by atoms with Crippen molar-refractivity contribution in [1.29, 1.82) is 0 Å².